The van der Waals surface area contributed by atoms with E-state index in [1.54, 1.807) is 17.0 Å². The van der Waals surface area contributed by atoms with Crippen molar-refractivity contribution in [3.63, 3.8) is 0 Å². The predicted molar refractivity (Wildman–Crippen MR) is 129 cm³/mol. The minimum Gasteiger partial charge on any atom is -0.335 e. The third-order valence-electron chi connectivity index (χ3n) is 7.47. The molecule has 2 aromatic carbocycles. The van der Waals surface area contributed by atoms with Crippen LogP contribution in [0, 0.1) is 5.82 Å². The summed E-state index contributed by atoms with van der Waals surface area (Å²) in [6.45, 7) is 4.79. The van der Waals surface area contributed by atoms with Crippen LogP contribution >= 0.6 is 0 Å². The lowest BCUT2D eigenvalue weighted by atomic mass is 9.96. The number of piperidine rings is 1. The van der Waals surface area contributed by atoms with Crippen LogP contribution in [0.1, 0.15) is 73.7 Å². The average Bonchev–Trinajstić information content (AvgIpc) is 3.26. The number of aryl methyl sites for hydroxylation is 2. The molecule has 0 N–H and O–H groups in total. The zero-order chi connectivity index (χ0) is 24.3. The summed E-state index contributed by atoms with van der Waals surface area (Å²) in [6, 6.07) is 12.8. The van der Waals surface area contributed by atoms with Crippen molar-refractivity contribution in [1.29, 1.82) is 0 Å². The molecule has 0 spiro atoms. The van der Waals surface area contributed by atoms with Gasteiger partial charge in [0.15, 0.2) is 0 Å². The van der Waals surface area contributed by atoms with Crippen LogP contribution in [0.15, 0.2) is 42.5 Å². The second-order valence-corrected chi connectivity index (χ2v) is 10.1. The summed E-state index contributed by atoms with van der Waals surface area (Å²) in [4.78, 5) is 16.9. The Morgan fingerprint density at radius 1 is 1.03 bits per heavy atom. The van der Waals surface area contributed by atoms with E-state index in [9.17, 15) is 18.0 Å². The summed E-state index contributed by atoms with van der Waals surface area (Å²) in [6.07, 6.45) is 4.33. The molecular formula is C28H35F3N2O. The van der Waals surface area contributed by atoms with Crippen LogP contribution in [0.2, 0.25) is 0 Å². The van der Waals surface area contributed by atoms with E-state index < -0.39 is 5.92 Å². The molecule has 6 heteroatoms. The van der Waals surface area contributed by atoms with Gasteiger partial charge in [-0.25, -0.2) is 13.2 Å². The molecule has 0 radical (unpaired) electrons. The van der Waals surface area contributed by atoms with Gasteiger partial charge in [-0.3, -0.25) is 9.69 Å². The summed E-state index contributed by atoms with van der Waals surface area (Å²) in [5, 5.41) is 0. The third kappa shape index (κ3) is 6.01. The molecule has 1 aliphatic carbocycles. The second-order valence-electron chi connectivity index (χ2n) is 10.1. The first-order valence-corrected chi connectivity index (χ1v) is 12.5. The first-order chi connectivity index (χ1) is 16.2. The van der Waals surface area contributed by atoms with Crippen LogP contribution in [0.4, 0.5) is 13.2 Å². The van der Waals surface area contributed by atoms with Gasteiger partial charge in [0.25, 0.3) is 5.92 Å². The maximum Gasteiger partial charge on any atom is 0.260 e. The number of carbonyl (C=O) groups is 1. The fraction of sp³-hybridized carbons (Fsp3) is 0.536. The molecule has 0 saturated carbocycles. The average molecular weight is 473 g/mol. The van der Waals surface area contributed by atoms with Crippen molar-refractivity contribution in [2.24, 2.45) is 0 Å². The van der Waals surface area contributed by atoms with E-state index in [0.717, 1.165) is 30.4 Å². The Labute approximate surface area is 200 Å². The highest BCUT2D eigenvalue weighted by molar-refractivity contribution is 5.79. The number of benzene rings is 2. The Balaban J connectivity index is 1.50. The van der Waals surface area contributed by atoms with Crippen LogP contribution in [-0.2, 0) is 17.6 Å². The topological polar surface area (TPSA) is 23.6 Å². The van der Waals surface area contributed by atoms with Crippen LogP contribution < -0.4 is 0 Å². The number of fused-ring (bicyclic) bond motifs is 1. The largest absolute Gasteiger partial charge is 0.335 e. The van der Waals surface area contributed by atoms with Crippen molar-refractivity contribution in [3.05, 3.63) is 70.5 Å². The van der Waals surface area contributed by atoms with Gasteiger partial charge in [-0.1, -0.05) is 37.3 Å². The molecule has 2 unspecified atom stereocenters. The van der Waals surface area contributed by atoms with Crippen LogP contribution in [0.3, 0.4) is 0 Å². The van der Waals surface area contributed by atoms with Crippen molar-refractivity contribution in [2.45, 2.75) is 70.3 Å². The van der Waals surface area contributed by atoms with E-state index in [4.69, 9.17) is 0 Å². The predicted octanol–water partition coefficient (Wildman–Crippen LogP) is 6.13. The summed E-state index contributed by atoms with van der Waals surface area (Å²) in [5.41, 5.74) is 4.85. The molecule has 3 nitrogen and oxygen atoms in total. The number of halogens is 3. The van der Waals surface area contributed by atoms with E-state index in [1.807, 2.05) is 11.8 Å². The number of rotatable bonds is 8. The van der Waals surface area contributed by atoms with E-state index in [1.165, 1.54) is 23.3 Å². The van der Waals surface area contributed by atoms with Gasteiger partial charge in [-0.15, -0.1) is 0 Å². The molecule has 1 saturated heterocycles. The minimum absolute atomic E-state index is 0.00972. The van der Waals surface area contributed by atoms with Gasteiger partial charge in [0.2, 0.25) is 5.91 Å². The summed E-state index contributed by atoms with van der Waals surface area (Å²) < 4.78 is 41.2. The van der Waals surface area contributed by atoms with Gasteiger partial charge in [-0.2, -0.15) is 0 Å². The molecule has 34 heavy (non-hydrogen) atoms. The van der Waals surface area contributed by atoms with Gasteiger partial charge in [0.1, 0.15) is 5.82 Å². The Morgan fingerprint density at radius 3 is 2.47 bits per heavy atom. The minimum atomic E-state index is -2.73. The molecule has 2 aromatic rings. The molecule has 1 heterocycles. The van der Waals surface area contributed by atoms with Crippen molar-refractivity contribution >= 4 is 5.91 Å². The lowest BCUT2D eigenvalue weighted by Gasteiger charge is -2.36. The summed E-state index contributed by atoms with van der Waals surface area (Å²) >= 11 is 0. The van der Waals surface area contributed by atoms with Gasteiger partial charge in [-0.05, 0) is 85.9 Å². The van der Waals surface area contributed by atoms with Gasteiger partial charge < -0.3 is 4.90 Å². The number of amides is 1. The molecule has 184 valence electrons. The molecule has 2 atom stereocenters. The first-order valence-electron chi connectivity index (χ1n) is 12.5. The maximum atomic E-state index is 13.9. The Morgan fingerprint density at radius 2 is 1.74 bits per heavy atom. The lowest BCUT2D eigenvalue weighted by Crippen LogP contribution is -2.48. The zero-order valence-corrected chi connectivity index (χ0v) is 20.2. The Bertz CT molecular complexity index is 992. The first kappa shape index (κ1) is 24.8. The second kappa shape index (κ2) is 10.5. The van der Waals surface area contributed by atoms with Crippen molar-refractivity contribution in [1.82, 2.24) is 9.80 Å². The quantitative estimate of drug-likeness (QED) is 0.462. The number of carbonyl (C=O) groups excluding carboxylic acids is 1. The van der Waals surface area contributed by atoms with Crippen molar-refractivity contribution in [3.8, 4) is 0 Å². The lowest BCUT2D eigenvalue weighted by molar-refractivity contribution is -0.137. The maximum absolute atomic E-state index is 13.9. The highest BCUT2D eigenvalue weighted by Gasteiger charge is 2.36. The number of nitrogens with zero attached hydrogens (tertiary/aromatic N) is 2. The molecule has 1 aliphatic heterocycles. The third-order valence-corrected chi connectivity index (χ3v) is 7.47. The molecule has 0 bridgehead atoms. The molecule has 4 rings (SSSR count). The Hall–Kier alpha value is -2.34. The number of hydrogen-bond acceptors (Lipinski definition) is 2. The molecule has 0 aromatic heterocycles. The van der Waals surface area contributed by atoms with Gasteiger partial charge >= 0.3 is 0 Å². The highest BCUT2D eigenvalue weighted by atomic mass is 19.3. The van der Waals surface area contributed by atoms with Crippen molar-refractivity contribution < 1.29 is 18.0 Å². The fourth-order valence-corrected chi connectivity index (χ4v) is 5.32. The van der Waals surface area contributed by atoms with Gasteiger partial charge in [0.05, 0.1) is 19.1 Å². The molecule has 1 amide bonds. The summed E-state index contributed by atoms with van der Waals surface area (Å²) in [7, 11) is 0. The summed E-state index contributed by atoms with van der Waals surface area (Å²) in [5.74, 6) is -2.97. The standard InChI is InChI=1S/C28H35F3N2O/c1-20(22-9-11-26(29)12-10-22)13-16-33(27(34)18-32-15-4-14-28(30,31)19-32)21(2)24-8-7-23-5-3-6-25(23)17-24/h7-12,17,20-21H,3-6,13-16,18-19H2,1-2H3. The van der Waals surface area contributed by atoms with E-state index in [0.29, 0.717) is 25.9 Å². The number of hydrogen-bond donors (Lipinski definition) is 0. The number of likely N-dealkylation sites (tertiary alicyclic amines) is 1. The van der Waals surface area contributed by atoms with E-state index in [-0.39, 0.29) is 43.2 Å². The van der Waals surface area contributed by atoms with Crippen LogP contribution in [0.25, 0.3) is 0 Å². The Kier molecular flexibility index (Phi) is 7.66. The van der Waals surface area contributed by atoms with Gasteiger partial charge in [0, 0.05) is 13.0 Å². The number of alkyl halides is 2. The normalized spacial score (nSPS) is 19.4. The monoisotopic (exact) mass is 472 g/mol. The zero-order valence-electron chi connectivity index (χ0n) is 20.2. The SMILES string of the molecule is CC(CCN(C(=O)CN1CCCC(F)(F)C1)C(C)c1ccc2c(c1)CCC2)c1ccc(F)cc1. The fourth-order valence-electron chi connectivity index (χ4n) is 5.32. The molecule has 2 aliphatic rings. The van der Waals surface area contributed by atoms with E-state index in [2.05, 4.69) is 25.1 Å². The smallest absolute Gasteiger partial charge is 0.260 e. The molecule has 1 fully saturated rings. The van der Waals surface area contributed by atoms with Crippen LogP contribution in [0.5, 0.6) is 0 Å². The van der Waals surface area contributed by atoms with Crippen molar-refractivity contribution in [2.75, 3.05) is 26.2 Å². The highest BCUT2D eigenvalue weighted by Crippen LogP contribution is 2.30. The molecular weight excluding hydrogens is 437 g/mol. The van der Waals surface area contributed by atoms with E-state index >= 15 is 0 Å². The van der Waals surface area contributed by atoms with Crippen LogP contribution in [-0.4, -0.2) is 47.8 Å².